The SMILES string of the molecule is CC(C)(O)CN1CCC2CC(C1)N(c1nc(OC[C@@]34CCCN3C[C@H](F)C4)nc3c(F)c(-c4ncc(F)c5sc(N)c(C#N)c45)c4c(c13)COC4)C2. The van der Waals surface area contributed by atoms with E-state index >= 15 is 8.78 Å². The van der Waals surface area contributed by atoms with E-state index in [9.17, 15) is 14.8 Å². The van der Waals surface area contributed by atoms with Gasteiger partial charge in [0.05, 0.1) is 51.9 Å². The average molecular weight is 735 g/mol. The molecule has 0 amide bonds. The number of nitriles is 1. The lowest BCUT2D eigenvalue weighted by atomic mass is 9.93. The van der Waals surface area contributed by atoms with Crippen molar-refractivity contribution in [2.75, 3.05) is 56.5 Å². The Morgan fingerprint density at radius 3 is 2.81 bits per heavy atom. The van der Waals surface area contributed by atoms with E-state index in [4.69, 9.17) is 25.2 Å². The molecule has 4 fully saturated rings. The summed E-state index contributed by atoms with van der Waals surface area (Å²) in [6.45, 7) is 8.02. The number of nitrogens with zero attached hydrogens (tertiary/aromatic N) is 7. The Labute approximate surface area is 303 Å². The molecular weight excluding hydrogens is 694 g/mol. The van der Waals surface area contributed by atoms with Crippen molar-refractivity contribution in [1.82, 2.24) is 24.8 Å². The van der Waals surface area contributed by atoms with Crippen molar-refractivity contribution in [2.45, 2.75) is 82.5 Å². The number of nitrogen functional groups attached to an aromatic ring is 1. The van der Waals surface area contributed by atoms with E-state index in [0.717, 1.165) is 56.3 Å². The smallest absolute Gasteiger partial charge is 0.319 e. The van der Waals surface area contributed by atoms with E-state index < -0.39 is 28.9 Å². The van der Waals surface area contributed by atoms with E-state index in [0.29, 0.717) is 60.8 Å². The summed E-state index contributed by atoms with van der Waals surface area (Å²) in [5, 5.41) is 21.5. The number of halogens is 3. The Kier molecular flexibility index (Phi) is 8.09. The summed E-state index contributed by atoms with van der Waals surface area (Å²) < 4.78 is 59.8. The van der Waals surface area contributed by atoms with Crippen molar-refractivity contribution in [2.24, 2.45) is 5.92 Å². The highest BCUT2D eigenvalue weighted by molar-refractivity contribution is 7.23. The van der Waals surface area contributed by atoms with Crippen LogP contribution in [0.3, 0.4) is 0 Å². The predicted octanol–water partition coefficient (Wildman–Crippen LogP) is 5.30. The number of aliphatic hydroxyl groups is 1. The molecule has 9 rings (SSSR count). The van der Waals surface area contributed by atoms with Crippen LogP contribution in [0.1, 0.15) is 62.6 Å². The largest absolute Gasteiger partial charge is 0.461 e. The second kappa shape index (κ2) is 12.4. The molecule has 274 valence electrons. The maximum Gasteiger partial charge on any atom is 0.319 e. The van der Waals surface area contributed by atoms with Gasteiger partial charge in [0.1, 0.15) is 35.2 Å². The number of benzene rings is 1. The molecule has 11 nitrogen and oxygen atoms in total. The fourth-order valence-electron chi connectivity index (χ4n) is 9.65. The number of ether oxygens (including phenoxy) is 2. The highest BCUT2D eigenvalue weighted by Gasteiger charge is 2.49. The van der Waals surface area contributed by atoms with E-state index in [1.807, 2.05) is 13.8 Å². The Bertz CT molecular complexity index is 2150. The molecule has 1 aromatic carbocycles. The van der Waals surface area contributed by atoms with Crippen LogP contribution in [0.2, 0.25) is 0 Å². The van der Waals surface area contributed by atoms with Gasteiger partial charge in [-0.3, -0.25) is 14.8 Å². The number of aromatic nitrogens is 3. The third-order valence-electron chi connectivity index (χ3n) is 11.7. The lowest BCUT2D eigenvalue weighted by molar-refractivity contribution is 0.0350. The molecule has 4 atom stereocenters. The van der Waals surface area contributed by atoms with Gasteiger partial charge in [-0.2, -0.15) is 15.2 Å². The number of anilines is 2. The summed E-state index contributed by atoms with van der Waals surface area (Å²) in [6, 6.07) is 2.10. The van der Waals surface area contributed by atoms with E-state index in [1.165, 1.54) is 0 Å². The molecular formula is C37H41F3N8O3S. The molecule has 0 radical (unpaired) electrons. The maximum absolute atomic E-state index is 17.6. The first-order valence-corrected chi connectivity index (χ1v) is 18.9. The van der Waals surface area contributed by atoms with Crippen LogP contribution in [0.25, 0.3) is 32.2 Å². The van der Waals surface area contributed by atoms with E-state index in [1.54, 1.807) is 0 Å². The summed E-state index contributed by atoms with van der Waals surface area (Å²) in [5.41, 5.74) is 6.31. The zero-order valence-electron chi connectivity index (χ0n) is 29.2. The van der Waals surface area contributed by atoms with Crippen molar-refractivity contribution in [3.05, 3.63) is 34.5 Å². The molecule has 5 aliphatic rings. The van der Waals surface area contributed by atoms with Gasteiger partial charge in [-0.25, -0.2) is 13.2 Å². The topological polar surface area (TPSA) is 137 Å². The lowest BCUT2D eigenvalue weighted by Gasteiger charge is -2.35. The summed E-state index contributed by atoms with van der Waals surface area (Å²) in [7, 11) is 0. The molecule has 2 unspecified atom stereocenters. The van der Waals surface area contributed by atoms with Crippen molar-refractivity contribution in [3.63, 3.8) is 0 Å². The lowest BCUT2D eigenvalue weighted by Crippen LogP contribution is -2.47. The molecule has 3 N–H and O–H groups in total. The van der Waals surface area contributed by atoms with Crippen molar-refractivity contribution in [1.29, 1.82) is 5.26 Å². The first-order chi connectivity index (χ1) is 24.9. The number of β-amino-alcohol motifs (C(OH)–C–C–N with tert-alkyl or cyclic N) is 1. The Morgan fingerprint density at radius 2 is 2.00 bits per heavy atom. The first-order valence-electron chi connectivity index (χ1n) is 18.1. The number of fused-ring (bicyclic) bond motifs is 7. The monoisotopic (exact) mass is 734 g/mol. The van der Waals surface area contributed by atoms with Crippen LogP contribution < -0.4 is 15.4 Å². The number of nitrogens with two attached hydrogens (primary N) is 1. The molecule has 3 aromatic heterocycles. The molecule has 4 saturated heterocycles. The van der Waals surface area contributed by atoms with Crippen LogP contribution >= 0.6 is 11.3 Å². The molecule has 15 heteroatoms. The van der Waals surface area contributed by atoms with Crippen LogP contribution in [0.15, 0.2) is 6.20 Å². The van der Waals surface area contributed by atoms with E-state index in [-0.39, 0.29) is 69.3 Å². The number of rotatable bonds is 7. The number of pyridine rings is 1. The third kappa shape index (κ3) is 5.48. The highest BCUT2D eigenvalue weighted by Crippen LogP contribution is 2.48. The van der Waals surface area contributed by atoms with Crippen molar-refractivity contribution in [3.8, 4) is 23.3 Å². The Balaban J connectivity index is 1.23. The number of likely N-dealkylation sites (tertiary alicyclic amines) is 1. The predicted molar refractivity (Wildman–Crippen MR) is 191 cm³/mol. The van der Waals surface area contributed by atoms with Gasteiger partial charge in [-0.1, -0.05) is 0 Å². The van der Waals surface area contributed by atoms with Gasteiger partial charge in [-0.05, 0) is 69.7 Å². The van der Waals surface area contributed by atoms with Crippen molar-refractivity contribution < 1.29 is 27.8 Å². The van der Waals surface area contributed by atoms with Crippen LogP contribution in [0, 0.1) is 28.9 Å². The van der Waals surface area contributed by atoms with E-state index in [2.05, 4.69) is 25.8 Å². The summed E-state index contributed by atoms with van der Waals surface area (Å²) >= 11 is 0.927. The molecule has 2 bridgehead atoms. The summed E-state index contributed by atoms with van der Waals surface area (Å²) in [5.74, 6) is -0.426. The molecule has 0 saturated carbocycles. The normalized spacial score (nSPS) is 26.3. The zero-order chi connectivity index (χ0) is 36.1. The molecule has 0 spiro atoms. The molecule has 52 heavy (non-hydrogen) atoms. The molecule has 4 aromatic rings. The molecule has 0 aliphatic carbocycles. The number of thiophene rings is 1. The number of alkyl halides is 1. The zero-order valence-corrected chi connectivity index (χ0v) is 30.0. The summed E-state index contributed by atoms with van der Waals surface area (Å²) in [4.78, 5) is 20.8. The van der Waals surface area contributed by atoms with Crippen LogP contribution in [-0.4, -0.2) is 99.1 Å². The molecule has 5 aliphatic heterocycles. The first kappa shape index (κ1) is 34.0. The second-order valence-corrected chi connectivity index (χ2v) is 17.0. The minimum absolute atomic E-state index is 0.00272. The minimum Gasteiger partial charge on any atom is -0.461 e. The number of hydrogen-bond donors (Lipinski definition) is 2. The van der Waals surface area contributed by atoms with Gasteiger partial charge in [0.2, 0.25) is 0 Å². The fraction of sp³-hybridized carbons (Fsp3) is 0.568. The second-order valence-electron chi connectivity index (χ2n) is 15.9. The van der Waals surface area contributed by atoms with Gasteiger partial charge in [0.25, 0.3) is 0 Å². The van der Waals surface area contributed by atoms with Crippen LogP contribution in [0.4, 0.5) is 24.0 Å². The quantitative estimate of drug-likeness (QED) is 0.256. The van der Waals surface area contributed by atoms with Crippen LogP contribution in [0.5, 0.6) is 6.01 Å². The average Bonchev–Trinajstić information content (AvgIpc) is 3.89. The van der Waals surface area contributed by atoms with Gasteiger partial charge in [-0.15, -0.1) is 11.3 Å². The minimum atomic E-state index is -0.941. The number of hydrogen-bond acceptors (Lipinski definition) is 12. The standard InChI is InChI=1S/C37H41F3N8O3S/c1-36(2,49)17-46-7-4-19-8-21(14-46)48(12-19)34-28-24-16-50-15-23(24)26(30-27-22(10-41)33(42)52-32(27)25(39)11-43-30)29(40)31(28)44-35(45-34)51-18-37-5-3-6-47(37)13-20(38)9-37/h11,19-21,49H,3-9,12-18,42H2,1-2H3/t19?,20-,21?,37+/m1/s1. The van der Waals surface area contributed by atoms with Gasteiger partial charge >= 0.3 is 6.01 Å². The van der Waals surface area contributed by atoms with Crippen LogP contribution in [-0.2, 0) is 18.0 Å². The van der Waals surface area contributed by atoms with Gasteiger partial charge in [0.15, 0.2) is 11.6 Å². The van der Waals surface area contributed by atoms with Gasteiger partial charge in [0, 0.05) is 49.6 Å². The fourth-order valence-corrected chi connectivity index (χ4v) is 10.6. The maximum atomic E-state index is 17.6. The highest BCUT2D eigenvalue weighted by atomic mass is 32.1. The van der Waals surface area contributed by atoms with Crippen molar-refractivity contribution >= 4 is 43.1 Å². The Morgan fingerprint density at radius 1 is 1.17 bits per heavy atom. The molecule has 8 heterocycles. The third-order valence-corrected chi connectivity index (χ3v) is 12.8. The van der Waals surface area contributed by atoms with Gasteiger partial charge < -0.3 is 25.2 Å². The Hall–Kier alpha value is -3.81. The summed E-state index contributed by atoms with van der Waals surface area (Å²) in [6.07, 6.45) is 4.06.